The number of rotatable bonds is 4. The fourth-order valence-corrected chi connectivity index (χ4v) is 2.83. The van der Waals surface area contributed by atoms with Crippen LogP contribution in [0.15, 0.2) is 18.2 Å². The highest BCUT2D eigenvalue weighted by molar-refractivity contribution is 7.80. The molecule has 2 rings (SSSR count). The normalized spacial score (nSPS) is 19.2. The summed E-state index contributed by atoms with van der Waals surface area (Å²) < 4.78 is 13.9. The SMILES string of the molecule is CN(C)CC1CCCN1c1ccc(C(N)=S)c(F)c1. The zero-order valence-corrected chi connectivity index (χ0v) is 12.2. The van der Waals surface area contributed by atoms with Crippen molar-refractivity contribution in [2.24, 2.45) is 5.73 Å². The molecule has 0 radical (unpaired) electrons. The van der Waals surface area contributed by atoms with Crippen LogP contribution in [0.1, 0.15) is 18.4 Å². The third-order valence-electron chi connectivity index (χ3n) is 3.50. The molecule has 5 heteroatoms. The largest absolute Gasteiger partial charge is 0.389 e. The number of nitrogens with zero attached hydrogens (tertiary/aromatic N) is 2. The molecule has 1 heterocycles. The number of halogens is 1. The monoisotopic (exact) mass is 281 g/mol. The summed E-state index contributed by atoms with van der Waals surface area (Å²) in [6.07, 6.45) is 2.30. The van der Waals surface area contributed by atoms with Crippen molar-refractivity contribution in [3.63, 3.8) is 0 Å². The van der Waals surface area contributed by atoms with Crippen molar-refractivity contribution in [1.29, 1.82) is 0 Å². The first-order valence-corrected chi connectivity index (χ1v) is 6.90. The van der Waals surface area contributed by atoms with Gasteiger partial charge in [-0.2, -0.15) is 0 Å². The van der Waals surface area contributed by atoms with Gasteiger partial charge in [-0.25, -0.2) is 4.39 Å². The number of benzene rings is 1. The quantitative estimate of drug-likeness (QED) is 0.856. The van der Waals surface area contributed by atoms with Crippen molar-refractivity contribution in [3.05, 3.63) is 29.6 Å². The minimum Gasteiger partial charge on any atom is -0.389 e. The molecule has 0 amide bonds. The Kier molecular flexibility index (Phi) is 4.37. The fraction of sp³-hybridized carbons (Fsp3) is 0.500. The van der Waals surface area contributed by atoms with Crippen LogP contribution in [-0.4, -0.2) is 43.1 Å². The van der Waals surface area contributed by atoms with E-state index in [0.717, 1.165) is 31.6 Å². The topological polar surface area (TPSA) is 32.5 Å². The van der Waals surface area contributed by atoms with Gasteiger partial charge in [0.25, 0.3) is 0 Å². The van der Waals surface area contributed by atoms with E-state index in [9.17, 15) is 4.39 Å². The van der Waals surface area contributed by atoms with E-state index in [1.807, 2.05) is 6.07 Å². The van der Waals surface area contributed by atoms with E-state index in [4.69, 9.17) is 18.0 Å². The molecule has 0 spiro atoms. The summed E-state index contributed by atoms with van der Waals surface area (Å²) >= 11 is 4.83. The number of nitrogens with two attached hydrogens (primary N) is 1. The molecule has 0 bridgehead atoms. The number of hydrogen-bond acceptors (Lipinski definition) is 3. The molecule has 1 aliphatic heterocycles. The predicted octanol–water partition coefficient (Wildman–Crippen LogP) is 1.99. The Morgan fingerprint density at radius 1 is 1.53 bits per heavy atom. The van der Waals surface area contributed by atoms with E-state index in [1.54, 1.807) is 12.1 Å². The van der Waals surface area contributed by atoms with Gasteiger partial charge in [-0.1, -0.05) is 12.2 Å². The Morgan fingerprint density at radius 3 is 2.84 bits per heavy atom. The van der Waals surface area contributed by atoms with Crippen molar-refractivity contribution in [2.75, 3.05) is 32.1 Å². The Balaban J connectivity index is 2.21. The summed E-state index contributed by atoms with van der Waals surface area (Å²) in [4.78, 5) is 4.55. The average Bonchev–Trinajstić information content (AvgIpc) is 2.75. The summed E-state index contributed by atoms with van der Waals surface area (Å²) in [6, 6.07) is 5.58. The first kappa shape index (κ1) is 14.2. The van der Waals surface area contributed by atoms with Crippen LogP contribution in [0.4, 0.5) is 10.1 Å². The van der Waals surface area contributed by atoms with Gasteiger partial charge in [-0.15, -0.1) is 0 Å². The molecule has 1 aromatic rings. The molecule has 1 atom stereocenters. The number of hydrogen-bond donors (Lipinski definition) is 1. The van der Waals surface area contributed by atoms with Crippen LogP contribution in [-0.2, 0) is 0 Å². The lowest BCUT2D eigenvalue weighted by Crippen LogP contribution is -2.37. The molecule has 1 fully saturated rings. The Labute approximate surface area is 119 Å². The van der Waals surface area contributed by atoms with E-state index >= 15 is 0 Å². The van der Waals surface area contributed by atoms with Crippen LogP contribution in [0.25, 0.3) is 0 Å². The lowest BCUT2D eigenvalue weighted by molar-refractivity contribution is 0.372. The molecular weight excluding hydrogens is 261 g/mol. The Morgan fingerprint density at radius 2 is 2.26 bits per heavy atom. The summed E-state index contributed by atoms with van der Waals surface area (Å²) in [5, 5.41) is 0. The fourth-order valence-electron chi connectivity index (χ4n) is 2.67. The van der Waals surface area contributed by atoms with Gasteiger partial charge in [-0.3, -0.25) is 0 Å². The second kappa shape index (κ2) is 5.84. The summed E-state index contributed by atoms with van der Waals surface area (Å²) in [7, 11) is 4.13. The average molecular weight is 281 g/mol. The molecule has 1 aromatic carbocycles. The first-order valence-electron chi connectivity index (χ1n) is 6.50. The Bertz CT molecular complexity index is 476. The van der Waals surface area contributed by atoms with Gasteiger partial charge in [0, 0.05) is 30.4 Å². The lowest BCUT2D eigenvalue weighted by Gasteiger charge is -2.29. The lowest BCUT2D eigenvalue weighted by atomic mass is 10.1. The Hall–Kier alpha value is -1.20. The third kappa shape index (κ3) is 3.22. The van der Waals surface area contributed by atoms with Crippen molar-refractivity contribution in [2.45, 2.75) is 18.9 Å². The standard InChI is InChI=1S/C14H20FN3S/c1-17(2)9-11-4-3-7-18(11)10-5-6-12(14(16)19)13(15)8-10/h5-6,8,11H,3-4,7,9H2,1-2H3,(H2,16,19). The first-order chi connectivity index (χ1) is 8.99. The second-order valence-corrected chi connectivity index (χ2v) is 5.72. The maximum atomic E-state index is 13.9. The van der Waals surface area contributed by atoms with Crippen LogP contribution in [0.3, 0.4) is 0 Å². The summed E-state index contributed by atoms with van der Waals surface area (Å²) in [5.74, 6) is -0.333. The van der Waals surface area contributed by atoms with Crippen LogP contribution < -0.4 is 10.6 Å². The van der Waals surface area contributed by atoms with Gasteiger partial charge in [0.15, 0.2) is 0 Å². The van der Waals surface area contributed by atoms with Gasteiger partial charge in [0.1, 0.15) is 10.8 Å². The molecule has 19 heavy (non-hydrogen) atoms. The van der Waals surface area contributed by atoms with E-state index < -0.39 is 0 Å². The molecule has 1 unspecified atom stereocenters. The van der Waals surface area contributed by atoms with E-state index in [-0.39, 0.29) is 10.8 Å². The minimum absolute atomic E-state index is 0.107. The number of anilines is 1. The molecule has 1 aliphatic rings. The second-order valence-electron chi connectivity index (χ2n) is 5.28. The number of thiocarbonyl (C=S) groups is 1. The predicted molar refractivity (Wildman–Crippen MR) is 81.2 cm³/mol. The highest BCUT2D eigenvalue weighted by Crippen LogP contribution is 2.27. The van der Waals surface area contributed by atoms with Crippen molar-refractivity contribution in [1.82, 2.24) is 4.90 Å². The number of likely N-dealkylation sites (N-methyl/N-ethyl adjacent to an activating group) is 1. The van der Waals surface area contributed by atoms with Crippen LogP contribution in [0.5, 0.6) is 0 Å². The van der Waals surface area contributed by atoms with Gasteiger partial charge >= 0.3 is 0 Å². The van der Waals surface area contributed by atoms with Crippen molar-refractivity contribution >= 4 is 22.9 Å². The van der Waals surface area contributed by atoms with Gasteiger partial charge in [-0.05, 0) is 45.1 Å². The molecule has 0 saturated carbocycles. The van der Waals surface area contributed by atoms with E-state index in [2.05, 4.69) is 23.9 Å². The molecule has 3 nitrogen and oxygen atoms in total. The zero-order chi connectivity index (χ0) is 14.0. The van der Waals surface area contributed by atoms with Gasteiger partial charge in [0.05, 0.1) is 0 Å². The zero-order valence-electron chi connectivity index (χ0n) is 11.4. The third-order valence-corrected chi connectivity index (χ3v) is 3.72. The summed E-state index contributed by atoms with van der Waals surface area (Å²) in [5.41, 5.74) is 6.72. The van der Waals surface area contributed by atoms with E-state index in [1.165, 1.54) is 0 Å². The van der Waals surface area contributed by atoms with Crippen LogP contribution in [0.2, 0.25) is 0 Å². The van der Waals surface area contributed by atoms with E-state index in [0.29, 0.717) is 11.6 Å². The van der Waals surface area contributed by atoms with Gasteiger partial charge < -0.3 is 15.5 Å². The molecule has 2 N–H and O–H groups in total. The maximum absolute atomic E-state index is 13.9. The maximum Gasteiger partial charge on any atom is 0.135 e. The molecule has 0 aromatic heterocycles. The summed E-state index contributed by atoms with van der Waals surface area (Å²) in [6.45, 7) is 1.96. The highest BCUT2D eigenvalue weighted by Gasteiger charge is 2.25. The minimum atomic E-state index is -0.333. The van der Waals surface area contributed by atoms with Crippen LogP contribution in [0, 0.1) is 5.82 Å². The highest BCUT2D eigenvalue weighted by atomic mass is 32.1. The van der Waals surface area contributed by atoms with Crippen LogP contribution >= 0.6 is 12.2 Å². The molecule has 104 valence electrons. The smallest absolute Gasteiger partial charge is 0.135 e. The molecule has 0 aliphatic carbocycles. The van der Waals surface area contributed by atoms with Crippen molar-refractivity contribution in [3.8, 4) is 0 Å². The molecule has 1 saturated heterocycles. The van der Waals surface area contributed by atoms with Crippen molar-refractivity contribution < 1.29 is 4.39 Å². The van der Waals surface area contributed by atoms with Gasteiger partial charge in [0.2, 0.25) is 0 Å². The molecular formula is C14H20FN3S.